The molecule has 1 N–H and O–H groups in total. The van der Waals surface area contributed by atoms with Crippen molar-refractivity contribution in [3.8, 4) is 0 Å². The number of hydrogen-bond acceptors (Lipinski definition) is 1. The van der Waals surface area contributed by atoms with E-state index in [2.05, 4.69) is 0 Å². The van der Waals surface area contributed by atoms with Crippen LogP contribution >= 0.6 is 0 Å². The fourth-order valence-electron chi connectivity index (χ4n) is 1.68. The van der Waals surface area contributed by atoms with Gasteiger partial charge in [0.05, 0.1) is 5.56 Å². The van der Waals surface area contributed by atoms with Crippen LogP contribution in [0.15, 0.2) is 24.3 Å². The molecule has 7 heteroatoms. The summed E-state index contributed by atoms with van der Waals surface area (Å²) in [7, 11) is 0. The zero-order valence-electron chi connectivity index (χ0n) is 10.6. The number of amides is 1. The van der Waals surface area contributed by atoms with Gasteiger partial charge in [0.25, 0.3) is 5.91 Å². The SMILES string of the molecule is Cc1ccc(F)c(C(=O)Nc2c(F)c(F)cc(F)c2F)c1. The molecule has 0 saturated carbocycles. The second kappa shape index (κ2) is 5.51. The van der Waals surface area contributed by atoms with Crippen molar-refractivity contribution in [1.82, 2.24) is 0 Å². The number of carbonyl (C=O) groups excluding carboxylic acids is 1. The van der Waals surface area contributed by atoms with Crippen molar-refractivity contribution in [3.05, 3.63) is 64.5 Å². The van der Waals surface area contributed by atoms with E-state index in [0.717, 1.165) is 12.1 Å². The van der Waals surface area contributed by atoms with Crippen LogP contribution in [0.2, 0.25) is 0 Å². The smallest absolute Gasteiger partial charge is 0.258 e. The van der Waals surface area contributed by atoms with Gasteiger partial charge in [0.2, 0.25) is 0 Å². The lowest BCUT2D eigenvalue weighted by Crippen LogP contribution is -2.17. The van der Waals surface area contributed by atoms with Crippen molar-refractivity contribution >= 4 is 11.6 Å². The van der Waals surface area contributed by atoms with Gasteiger partial charge in [0.15, 0.2) is 23.3 Å². The van der Waals surface area contributed by atoms with Crippen molar-refractivity contribution < 1.29 is 26.7 Å². The largest absolute Gasteiger partial charge is 0.317 e. The number of rotatable bonds is 2. The summed E-state index contributed by atoms with van der Waals surface area (Å²) < 4.78 is 66.3. The van der Waals surface area contributed by atoms with Crippen molar-refractivity contribution in [3.63, 3.8) is 0 Å². The van der Waals surface area contributed by atoms with E-state index in [0.29, 0.717) is 5.56 Å². The number of anilines is 1. The van der Waals surface area contributed by atoms with Crippen LogP contribution in [0, 0.1) is 36.0 Å². The number of hydrogen-bond donors (Lipinski definition) is 1. The average Bonchev–Trinajstić information content (AvgIpc) is 2.43. The minimum absolute atomic E-state index is 0.00751. The highest BCUT2D eigenvalue weighted by atomic mass is 19.2. The summed E-state index contributed by atoms with van der Waals surface area (Å²) in [5.41, 5.74) is -1.29. The van der Waals surface area contributed by atoms with Crippen LogP contribution in [-0.2, 0) is 0 Å². The Balaban J connectivity index is 2.43. The first kappa shape index (κ1) is 15.0. The maximum absolute atomic E-state index is 13.5. The number of nitrogens with one attached hydrogen (secondary N) is 1. The average molecular weight is 301 g/mol. The van der Waals surface area contributed by atoms with Gasteiger partial charge in [-0.15, -0.1) is 0 Å². The normalized spacial score (nSPS) is 10.6. The molecule has 0 aliphatic rings. The van der Waals surface area contributed by atoms with Gasteiger partial charge in [-0.1, -0.05) is 11.6 Å². The molecule has 2 nitrogen and oxygen atoms in total. The first-order valence-corrected chi connectivity index (χ1v) is 5.71. The Morgan fingerprint density at radius 1 is 0.905 bits per heavy atom. The van der Waals surface area contributed by atoms with Crippen molar-refractivity contribution in [2.45, 2.75) is 6.92 Å². The van der Waals surface area contributed by atoms with E-state index in [1.165, 1.54) is 6.07 Å². The van der Waals surface area contributed by atoms with Crippen molar-refractivity contribution in [2.24, 2.45) is 0 Å². The molecule has 0 fully saturated rings. The zero-order chi connectivity index (χ0) is 15.7. The fourth-order valence-corrected chi connectivity index (χ4v) is 1.68. The second-order valence-electron chi connectivity index (χ2n) is 4.28. The summed E-state index contributed by atoms with van der Waals surface area (Å²) in [5.74, 6) is -9.04. The van der Waals surface area contributed by atoms with Gasteiger partial charge >= 0.3 is 0 Å². The topological polar surface area (TPSA) is 29.1 Å². The fraction of sp³-hybridized carbons (Fsp3) is 0.0714. The van der Waals surface area contributed by atoms with Gasteiger partial charge in [-0.05, 0) is 19.1 Å². The van der Waals surface area contributed by atoms with Crippen LogP contribution in [0.3, 0.4) is 0 Å². The van der Waals surface area contributed by atoms with Gasteiger partial charge in [0, 0.05) is 6.07 Å². The highest BCUT2D eigenvalue weighted by Crippen LogP contribution is 2.25. The van der Waals surface area contributed by atoms with E-state index in [9.17, 15) is 26.7 Å². The Labute approximate surface area is 116 Å². The number of aryl methyl sites for hydroxylation is 1. The Morgan fingerprint density at radius 3 is 2.05 bits per heavy atom. The molecule has 0 heterocycles. The molecule has 0 aromatic heterocycles. The molecule has 2 aromatic rings. The molecule has 110 valence electrons. The van der Waals surface area contributed by atoms with E-state index in [4.69, 9.17) is 0 Å². The van der Waals surface area contributed by atoms with Crippen LogP contribution in [0.4, 0.5) is 27.6 Å². The van der Waals surface area contributed by atoms with Crippen LogP contribution < -0.4 is 5.32 Å². The summed E-state index contributed by atoms with van der Waals surface area (Å²) >= 11 is 0. The Bertz CT molecular complexity index is 704. The van der Waals surface area contributed by atoms with Crippen molar-refractivity contribution in [1.29, 1.82) is 0 Å². The quantitative estimate of drug-likeness (QED) is 0.660. The number of halogens is 5. The molecule has 0 atom stereocenters. The zero-order valence-corrected chi connectivity index (χ0v) is 10.6. The van der Waals surface area contributed by atoms with Gasteiger partial charge in [-0.3, -0.25) is 4.79 Å². The second-order valence-corrected chi connectivity index (χ2v) is 4.28. The van der Waals surface area contributed by atoms with E-state index in [1.54, 1.807) is 12.2 Å². The molecule has 21 heavy (non-hydrogen) atoms. The molecule has 0 unspecified atom stereocenters. The molecule has 1 amide bonds. The maximum Gasteiger partial charge on any atom is 0.258 e. The first-order valence-electron chi connectivity index (χ1n) is 5.71. The third kappa shape index (κ3) is 2.86. The molecular formula is C14H8F5NO. The minimum atomic E-state index is -1.77. The van der Waals surface area contributed by atoms with Crippen LogP contribution in [0.1, 0.15) is 15.9 Å². The van der Waals surface area contributed by atoms with Crippen LogP contribution in [0.25, 0.3) is 0 Å². The number of benzene rings is 2. The summed E-state index contributed by atoms with van der Waals surface area (Å²) in [6.07, 6.45) is 0. The summed E-state index contributed by atoms with van der Waals surface area (Å²) in [6, 6.07) is 3.52. The number of carbonyl (C=O) groups is 1. The molecule has 0 saturated heterocycles. The van der Waals surface area contributed by atoms with E-state index in [-0.39, 0.29) is 6.07 Å². The van der Waals surface area contributed by atoms with Gasteiger partial charge in [-0.25, -0.2) is 22.0 Å². The predicted octanol–water partition coefficient (Wildman–Crippen LogP) is 3.94. The summed E-state index contributed by atoms with van der Waals surface area (Å²) in [4.78, 5) is 11.8. The lowest BCUT2D eigenvalue weighted by Gasteiger charge is -2.10. The molecule has 2 rings (SSSR count). The van der Waals surface area contributed by atoms with Gasteiger partial charge in [0.1, 0.15) is 11.5 Å². The highest BCUT2D eigenvalue weighted by Gasteiger charge is 2.22. The van der Waals surface area contributed by atoms with E-state index in [1.807, 2.05) is 0 Å². The lowest BCUT2D eigenvalue weighted by atomic mass is 10.1. The molecular weight excluding hydrogens is 293 g/mol. The van der Waals surface area contributed by atoms with Crippen LogP contribution in [0.5, 0.6) is 0 Å². The first-order chi connectivity index (χ1) is 9.81. The third-order valence-corrected chi connectivity index (χ3v) is 2.72. The Morgan fingerprint density at radius 2 is 1.48 bits per heavy atom. The predicted molar refractivity (Wildman–Crippen MR) is 65.4 cm³/mol. The Hall–Kier alpha value is -2.44. The Kier molecular flexibility index (Phi) is 3.93. The van der Waals surface area contributed by atoms with Crippen molar-refractivity contribution in [2.75, 3.05) is 5.32 Å². The molecule has 0 aliphatic heterocycles. The highest BCUT2D eigenvalue weighted by molar-refractivity contribution is 6.04. The van der Waals surface area contributed by atoms with E-state index < -0.39 is 46.2 Å². The summed E-state index contributed by atoms with van der Waals surface area (Å²) in [6.45, 7) is 1.57. The van der Waals surface area contributed by atoms with Crippen LogP contribution in [-0.4, -0.2) is 5.91 Å². The lowest BCUT2D eigenvalue weighted by molar-refractivity contribution is 0.102. The monoisotopic (exact) mass is 301 g/mol. The molecule has 0 spiro atoms. The third-order valence-electron chi connectivity index (χ3n) is 2.72. The minimum Gasteiger partial charge on any atom is -0.317 e. The molecule has 0 aliphatic carbocycles. The molecule has 0 bridgehead atoms. The van der Waals surface area contributed by atoms with E-state index >= 15 is 0 Å². The molecule has 0 radical (unpaired) electrons. The van der Waals surface area contributed by atoms with Gasteiger partial charge in [-0.2, -0.15) is 0 Å². The standard InChI is InChI=1S/C14H8F5NO/c1-6-2-3-8(15)7(4-6)14(21)20-13-11(18)9(16)5-10(17)12(13)19/h2-5H,1H3,(H,20,21). The summed E-state index contributed by atoms with van der Waals surface area (Å²) in [5, 5.41) is 1.64. The van der Waals surface area contributed by atoms with Gasteiger partial charge < -0.3 is 5.32 Å². The maximum atomic E-state index is 13.5. The molecule has 2 aromatic carbocycles.